The molecule has 0 atom stereocenters. The molecule has 0 aliphatic carbocycles. The molecule has 0 fully saturated rings. The monoisotopic (exact) mass is 380 g/mol. The van der Waals surface area contributed by atoms with Crippen molar-refractivity contribution in [1.29, 1.82) is 0 Å². The smallest absolute Gasteiger partial charge is 0.312 e. The number of nitro groups is 1. The van der Waals surface area contributed by atoms with Gasteiger partial charge in [0.05, 0.1) is 22.0 Å². The molecule has 2 heterocycles. The third-order valence-electron chi connectivity index (χ3n) is 3.23. The highest BCUT2D eigenvalue weighted by molar-refractivity contribution is 7.89. The zero-order valence-corrected chi connectivity index (χ0v) is 14.2. The summed E-state index contributed by atoms with van der Waals surface area (Å²) in [6, 6.07) is 7.57. The number of oxazole rings is 1. The largest absolute Gasteiger partial charge is 0.443 e. The summed E-state index contributed by atoms with van der Waals surface area (Å²) in [4.78, 5) is 15.1. The molecule has 11 heteroatoms. The third-order valence-corrected chi connectivity index (χ3v) is 5.03. The zero-order chi connectivity index (χ0) is 18.0. The quantitative estimate of drug-likeness (QED) is 0.494. The van der Waals surface area contributed by atoms with E-state index in [0.717, 1.165) is 10.9 Å². The lowest BCUT2D eigenvalue weighted by molar-refractivity contribution is -0.386. The van der Waals surface area contributed by atoms with E-state index in [9.17, 15) is 18.5 Å². The second-order valence-electron chi connectivity index (χ2n) is 4.93. The predicted octanol–water partition coefficient (Wildman–Crippen LogP) is 2.57. The number of nitrogens with zero attached hydrogens (tertiary/aromatic N) is 2. The normalized spacial score (nSPS) is 11.4. The van der Waals surface area contributed by atoms with Gasteiger partial charge in [0.15, 0.2) is 4.90 Å². The average Bonchev–Trinajstić information content (AvgIpc) is 3.22. The van der Waals surface area contributed by atoms with Gasteiger partial charge in [0.25, 0.3) is 0 Å². The van der Waals surface area contributed by atoms with Crippen molar-refractivity contribution in [2.24, 2.45) is 5.14 Å². The molecule has 25 heavy (non-hydrogen) atoms. The van der Waals surface area contributed by atoms with Crippen LogP contribution in [0.4, 0.5) is 11.4 Å². The number of para-hydroxylation sites is 1. The Labute approximate surface area is 146 Å². The molecular weight excluding hydrogens is 368 g/mol. The van der Waals surface area contributed by atoms with Gasteiger partial charge in [0.1, 0.15) is 12.0 Å². The van der Waals surface area contributed by atoms with E-state index in [0.29, 0.717) is 11.6 Å². The number of sulfonamides is 1. The van der Waals surface area contributed by atoms with E-state index >= 15 is 0 Å². The first kappa shape index (κ1) is 17.1. The van der Waals surface area contributed by atoms with Crippen molar-refractivity contribution >= 4 is 32.7 Å². The van der Waals surface area contributed by atoms with E-state index in [4.69, 9.17) is 9.56 Å². The van der Waals surface area contributed by atoms with Gasteiger partial charge in [-0.3, -0.25) is 10.1 Å². The lowest BCUT2D eigenvalue weighted by Gasteiger charge is -2.08. The fourth-order valence-corrected chi connectivity index (χ4v) is 3.55. The molecule has 1 aromatic carbocycles. The molecule has 0 saturated carbocycles. The molecule has 0 saturated heterocycles. The van der Waals surface area contributed by atoms with E-state index < -0.39 is 25.5 Å². The van der Waals surface area contributed by atoms with Gasteiger partial charge in [-0.15, -0.1) is 11.3 Å². The summed E-state index contributed by atoms with van der Waals surface area (Å²) in [5.41, 5.74) is -0.0668. The lowest BCUT2D eigenvalue weighted by Crippen LogP contribution is -2.15. The minimum Gasteiger partial charge on any atom is -0.443 e. The number of nitrogens with two attached hydrogens (primary N) is 1. The molecule has 3 rings (SSSR count). The maximum atomic E-state index is 11.5. The Morgan fingerprint density at radius 1 is 1.32 bits per heavy atom. The molecule has 0 bridgehead atoms. The van der Waals surface area contributed by atoms with E-state index in [-0.39, 0.29) is 12.2 Å². The van der Waals surface area contributed by atoms with Crippen LogP contribution in [0.1, 0.15) is 5.69 Å². The van der Waals surface area contributed by atoms with E-state index in [1.807, 2.05) is 17.5 Å². The minimum absolute atomic E-state index is 0.0252. The summed E-state index contributed by atoms with van der Waals surface area (Å²) in [7, 11) is -4.22. The fraction of sp³-hybridized carbons (Fsp3) is 0.0714. The zero-order valence-electron chi connectivity index (χ0n) is 12.6. The number of nitro benzene ring substituents is 1. The molecule has 0 radical (unpaired) electrons. The van der Waals surface area contributed by atoms with Crippen LogP contribution < -0.4 is 10.5 Å². The standard InChI is InChI=1S/C14H12N4O5S2/c15-25(21,22)12-5-1-3-10(13(12)18(19)20)16-7-9-8-23-14(17-9)11-4-2-6-24-11/h1-6,8,16H,7H2,(H2,15,21,22). The maximum absolute atomic E-state index is 11.5. The SMILES string of the molecule is NS(=O)(=O)c1cccc(NCc2coc(-c3cccs3)n2)c1[N+](=O)[O-]. The molecule has 3 N–H and O–H groups in total. The molecular formula is C14H12N4O5S2. The minimum atomic E-state index is -4.22. The molecule has 9 nitrogen and oxygen atoms in total. The lowest BCUT2D eigenvalue weighted by atomic mass is 10.2. The Balaban J connectivity index is 1.85. The number of thiophene rings is 1. The molecule has 0 unspecified atom stereocenters. The summed E-state index contributed by atoms with van der Waals surface area (Å²) in [6.07, 6.45) is 1.43. The van der Waals surface area contributed by atoms with Gasteiger partial charge >= 0.3 is 5.69 Å². The molecule has 3 aromatic rings. The number of primary sulfonamides is 1. The second-order valence-corrected chi connectivity index (χ2v) is 7.41. The van der Waals surface area contributed by atoms with Gasteiger partial charge in [-0.05, 0) is 23.6 Å². The van der Waals surface area contributed by atoms with Crippen LogP contribution in [0.25, 0.3) is 10.8 Å². The summed E-state index contributed by atoms with van der Waals surface area (Å²) in [5.74, 6) is 0.444. The Kier molecular flexibility index (Phi) is 4.53. The van der Waals surface area contributed by atoms with E-state index in [1.54, 1.807) is 0 Å². The molecule has 130 valence electrons. The predicted molar refractivity (Wildman–Crippen MR) is 91.6 cm³/mol. The van der Waals surface area contributed by atoms with Gasteiger partial charge in [-0.1, -0.05) is 12.1 Å². The van der Waals surface area contributed by atoms with Gasteiger partial charge in [-0.25, -0.2) is 18.5 Å². The van der Waals surface area contributed by atoms with Crippen LogP contribution in [0.2, 0.25) is 0 Å². The van der Waals surface area contributed by atoms with Crippen molar-refractivity contribution in [3.63, 3.8) is 0 Å². The van der Waals surface area contributed by atoms with Crippen molar-refractivity contribution in [1.82, 2.24) is 4.98 Å². The van der Waals surface area contributed by atoms with Crippen molar-refractivity contribution in [2.75, 3.05) is 5.32 Å². The van der Waals surface area contributed by atoms with Crippen molar-refractivity contribution in [2.45, 2.75) is 11.4 Å². The number of aromatic nitrogens is 1. The molecule has 0 aliphatic heterocycles. The number of nitrogens with one attached hydrogen (secondary N) is 1. The van der Waals surface area contributed by atoms with Crippen LogP contribution in [0, 0.1) is 10.1 Å². The molecule has 0 amide bonds. The summed E-state index contributed by atoms with van der Waals surface area (Å²) in [6.45, 7) is 0.115. The number of anilines is 1. The van der Waals surface area contributed by atoms with Gasteiger partial charge < -0.3 is 9.73 Å². The van der Waals surface area contributed by atoms with Gasteiger partial charge in [0, 0.05) is 0 Å². The Hall–Kier alpha value is -2.76. The highest BCUT2D eigenvalue weighted by atomic mass is 32.2. The van der Waals surface area contributed by atoms with Crippen molar-refractivity contribution in [3.05, 3.63) is 57.8 Å². The first-order valence-electron chi connectivity index (χ1n) is 6.88. The van der Waals surface area contributed by atoms with Crippen LogP contribution in [0.3, 0.4) is 0 Å². The van der Waals surface area contributed by atoms with Crippen LogP contribution >= 0.6 is 11.3 Å². The van der Waals surface area contributed by atoms with Crippen LogP contribution in [0.15, 0.2) is 51.3 Å². The molecule has 2 aromatic heterocycles. The Bertz CT molecular complexity index is 1010. The summed E-state index contributed by atoms with van der Waals surface area (Å²) >= 11 is 1.47. The van der Waals surface area contributed by atoms with Crippen molar-refractivity contribution in [3.8, 4) is 10.8 Å². The van der Waals surface area contributed by atoms with Gasteiger partial charge in [0.2, 0.25) is 15.9 Å². The number of rotatable bonds is 6. The first-order chi connectivity index (χ1) is 11.9. The van der Waals surface area contributed by atoms with Crippen LogP contribution in [0.5, 0.6) is 0 Å². The van der Waals surface area contributed by atoms with E-state index in [1.165, 1.54) is 29.7 Å². The average molecular weight is 380 g/mol. The van der Waals surface area contributed by atoms with Crippen LogP contribution in [-0.2, 0) is 16.6 Å². The van der Waals surface area contributed by atoms with Crippen LogP contribution in [-0.4, -0.2) is 18.3 Å². The fourth-order valence-electron chi connectivity index (χ4n) is 2.17. The van der Waals surface area contributed by atoms with E-state index in [2.05, 4.69) is 10.3 Å². The van der Waals surface area contributed by atoms with Crippen molar-refractivity contribution < 1.29 is 17.8 Å². The maximum Gasteiger partial charge on any atom is 0.312 e. The van der Waals surface area contributed by atoms with Gasteiger partial charge in [-0.2, -0.15) is 0 Å². The topological polar surface area (TPSA) is 141 Å². The Morgan fingerprint density at radius 2 is 2.12 bits per heavy atom. The highest BCUT2D eigenvalue weighted by Crippen LogP contribution is 2.31. The number of benzene rings is 1. The highest BCUT2D eigenvalue weighted by Gasteiger charge is 2.26. The second kappa shape index (κ2) is 6.63. The first-order valence-corrected chi connectivity index (χ1v) is 9.31. The molecule has 0 aliphatic rings. The summed E-state index contributed by atoms with van der Waals surface area (Å²) in [5, 5.41) is 21.0. The Morgan fingerprint density at radius 3 is 2.76 bits per heavy atom. The number of hydrogen-bond donors (Lipinski definition) is 2. The summed E-state index contributed by atoms with van der Waals surface area (Å²) < 4.78 is 28.4. The third kappa shape index (κ3) is 3.68. The number of hydrogen-bond acceptors (Lipinski definition) is 8. The molecule has 0 spiro atoms.